The molecule has 1 unspecified atom stereocenters. The van der Waals surface area contributed by atoms with Crippen molar-refractivity contribution in [1.29, 1.82) is 0 Å². The van der Waals surface area contributed by atoms with Gasteiger partial charge in [0.25, 0.3) is 5.91 Å². The SMILES string of the molecule is CC(CNC(=O)c1ccccc1S(=O)(=O)N1CCCCC1)N(C)c1ccccc1. The second-order valence-corrected chi connectivity index (χ2v) is 9.37. The number of likely N-dealkylation sites (N-methyl/N-ethyl adjacent to an activating group) is 1. The number of hydrogen-bond donors (Lipinski definition) is 1. The average Bonchev–Trinajstić information content (AvgIpc) is 2.77. The molecule has 0 aromatic heterocycles. The summed E-state index contributed by atoms with van der Waals surface area (Å²) in [5.41, 5.74) is 1.26. The number of hydrogen-bond acceptors (Lipinski definition) is 4. The summed E-state index contributed by atoms with van der Waals surface area (Å²) in [6, 6.07) is 16.4. The lowest BCUT2D eigenvalue weighted by molar-refractivity contribution is 0.0948. The van der Waals surface area contributed by atoms with E-state index < -0.39 is 10.0 Å². The Balaban J connectivity index is 1.71. The predicted octanol–water partition coefficient (Wildman–Crippen LogP) is 3.12. The van der Waals surface area contributed by atoms with Crippen LogP contribution in [0.4, 0.5) is 5.69 Å². The number of anilines is 1. The van der Waals surface area contributed by atoms with Crippen molar-refractivity contribution in [3.63, 3.8) is 0 Å². The summed E-state index contributed by atoms with van der Waals surface area (Å²) in [7, 11) is -1.70. The van der Waals surface area contributed by atoms with E-state index in [-0.39, 0.29) is 22.4 Å². The van der Waals surface area contributed by atoms with Crippen LogP contribution >= 0.6 is 0 Å². The van der Waals surface area contributed by atoms with Gasteiger partial charge in [-0.3, -0.25) is 4.79 Å². The Kier molecular flexibility index (Phi) is 6.92. The van der Waals surface area contributed by atoms with Gasteiger partial charge in [-0.05, 0) is 44.0 Å². The summed E-state index contributed by atoms with van der Waals surface area (Å²) < 4.78 is 27.7. The van der Waals surface area contributed by atoms with Crippen LogP contribution in [0.3, 0.4) is 0 Å². The lowest BCUT2D eigenvalue weighted by Crippen LogP contribution is -2.41. The molecule has 156 valence electrons. The molecule has 0 saturated carbocycles. The smallest absolute Gasteiger partial charge is 0.252 e. The second-order valence-electron chi connectivity index (χ2n) is 7.47. The minimum Gasteiger partial charge on any atom is -0.370 e. The summed E-state index contributed by atoms with van der Waals surface area (Å²) in [4.78, 5) is 15.0. The first kappa shape index (κ1) is 21.3. The van der Waals surface area contributed by atoms with Crippen LogP contribution < -0.4 is 10.2 Å². The summed E-state index contributed by atoms with van der Waals surface area (Å²) in [5.74, 6) is -0.366. The van der Waals surface area contributed by atoms with E-state index in [0.29, 0.717) is 19.6 Å². The van der Waals surface area contributed by atoms with Gasteiger partial charge in [-0.2, -0.15) is 4.31 Å². The summed E-state index contributed by atoms with van der Waals surface area (Å²) in [5, 5.41) is 2.90. The second kappa shape index (κ2) is 9.41. The van der Waals surface area contributed by atoms with E-state index >= 15 is 0 Å². The molecule has 1 N–H and O–H groups in total. The van der Waals surface area contributed by atoms with E-state index in [9.17, 15) is 13.2 Å². The Morgan fingerprint density at radius 1 is 1.03 bits per heavy atom. The molecule has 1 heterocycles. The molecule has 1 saturated heterocycles. The number of nitrogens with one attached hydrogen (secondary N) is 1. The first-order valence-electron chi connectivity index (χ1n) is 10.1. The van der Waals surface area contributed by atoms with Gasteiger partial charge in [0.15, 0.2) is 0 Å². The van der Waals surface area contributed by atoms with Gasteiger partial charge in [-0.25, -0.2) is 8.42 Å². The van der Waals surface area contributed by atoms with Gasteiger partial charge in [0.05, 0.1) is 10.5 Å². The maximum atomic E-state index is 13.1. The summed E-state index contributed by atoms with van der Waals surface area (Å²) >= 11 is 0. The first-order chi connectivity index (χ1) is 13.9. The fourth-order valence-corrected chi connectivity index (χ4v) is 5.22. The Labute approximate surface area is 173 Å². The minimum atomic E-state index is -3.67. The molecule has 0 bridgehead atoms. The number of rotatable bonds is 7. The number of carbonyl (C=O) groups excluding carboxylic acids is 1. The number of piperidine rings is 1. The number of sulfonamides is 1. The zero-order valence-electron chi connectivity index (χ0n) is 17.0. The minimum absolute atomic E-state index is 0.0483. The average molecular weight is 416 g/mol. The predicted molar refractivity (Wildman–Crippen MR) is 116 cm³/mol. The molecule has 0 radical (unpaired) electrons. The Bertz CT molecular complexity index is 925. The van der Waals surface area contributed by atoms with E-state index in [4.69, 9.17) is 0 Å². The highest BCUT2D eigenvalue weighted by Gasteiger charge is 2.29. The lowest BCUT2D eigenvalue weighted by atomic mass is 10.2. The molecule has 2 aromatic carbocycles. The van der Waals surface area contributed by atoms with Crippen LogP contribution in [0, 0.1) is 0 Å². The highest BCUT2D eigenvalue weighted by atomic mass is 32.2. The molecule has 29 heavy (non-hydrogen) atoms. The Hall–Kier alpha value is -2.38. The molecule has 7 heteroatoms. The fourth-order valence-electron chi connectivity index (χ4n) is 3.51. The maximum Gasteiger partial charge on any atom is 0.252 e. The maximum absolute atomic E-state index is 13.1. The van der Waals surface area contributed by atoms with Crippen molar-refractivity contribution in [3.05, 3.63) is 60.2 Å². The number of carbonyl (C=O) groups is 1. The van der Waals surface area contributed by atoms with Gasteiger partial charge in [0.2, 0.25) is 10.0 Å². The van der Waals surface area contributed by atoms with Crippen molar-refractivity contribution in [2.45, 2.75) is 37.1 Å². The molecule has 3 rings (SSSR count). The quantitative estimate of drug-likeness (QED) is 0.754. The van der Waals surface area contributed by atoms with Crippen molar-refractivity contribution in [2.75, 3.05) is 31.6 Å². The molecule has 1 fully saturated rings. The third-order valence-corrected chi connectivity index (χ3v) is 7.40. The normalized spacial score (nSPS) is 16.2. The third-order valence-electron chi connectivity index (χ3n) is 5.45. The van der Waals surface area contributed by atoms with Gasteiger partial charge < -0.3 is 10.2 Å². The van der Waals surface area contributed by atoms with Crippen molar-refractivity contribution < 1.29 is 13.2 Å². The van der Waals surface area contributed by atoms with Gasteiger partial charge >= 0.3 is 0 Å². The molecular weight excluding hydrogens is 386 g/mol. The standard InChI is InChI=1S/C22H29N3O3S/c1-18(24(2)19-11-5-3-6-12-19)17-23-22(26)20-13-7-8-14-21(20)29(27,28)25-15-9-4-10-16-25/h3,5-8,11-14,18H,4,9-10,15-17H2,1-2H3,(H,23,26). The van der Waals surface area contributed by atoms with Crippen LogP contribution in [-0.2, 0) is 10.0 Å². The van der Waals surface area contributed by atoms with Crippen LogP contribution in [0.25, 0.3) is 0 Å². The van der Waals surface area contributed by atoms with E-state index in [2.05, 4.69) is 10.2 Å². The van der Waals surface area contributed by atoms with Crippen molar-refractivity contribution in [3.8, 4) is 0 Å². The van der Waals surface area contributed by atoms with E-state index in [1.807, 2.05) is 44.3 Å². The number of benzene rings is 2. The van der Waals surface area contributed by atoms with Crippen LogP contribution in [0.1, 0.15) is 36.5 Å². The molecule has 1 aliphatic rings. The number of nitrogens with zero attached hydrogens (tertiary/aromatic N) is 2. The van der Waals surface area contributed by atoms with E-state index in [0.717, 1.165) is 24.9 Å². The van der Waals surface area contributed by atoms with Crippen molar-refractivity contribution in [1.82, 2.24) is 9.62 Å². The monoisotopic (exact) mass is 415 g/mol. The van der Waals surface area contributed by atoms with Crippen molar-refractivity contribution in [2.24, 2.45) is 0 Å². The summed E-state index contributed by atoms with van der Waals surface area (Å²) in [6.45, 7) is 3.44. The van der Waals surface area contributed by atoms with Crippen LogP contribution in [0.15, 0.2) is 59.5 Å². The summed E-state index contributed by atoms with van der Waals surface area (Å²) in [6.07, 6.45) is 2.76. The Morgan fingerprint density at radius 3 is 2.34 bits per heavy atom. The van der Waals surface area contributed by atoms with Gasteiger partial charge in [0.1, 0.15) is 0 Å². The highest BCUT2D eigenvalue weighted by molar-refractivity contribution is 7.89. The van der Waals surface area contributed by atoms with Crippen LogP contribution in [0.5, 0.6) is 0 Å². The number of amides is 1. The molecule has 1 amide bonds. The zero-order chi connectivity index (χ0) is 20.9. The van der Waals surface area contributed by atoms with Crippen LogP contribution in [0.2, 0.25) is 0 Å². The van der Waals surface area contributed by atoms with Gasteiger partial charge in [0, 0.05) is 38.4 Å². The molecule has 0 aliphatic carbocycles. The zero-order valence-corrected chi connectivity index (χ0v) is 17.9. The number of para-hydroxylation sites is 1. The fraction of sp³-hybridized carbons (Fsp3) is 0.409. The van der Waals surface area contributed by atoms with E-state index in [1.165, 1.54) is 10.4 Å². The highest BCUT2D eigenvalue weighted by Crippen LogP contribution is 2.23. The molecule has 1 atom stereocenters. The molecular formula is C22H29N3O3S. The van der Waals surface area contributed by atoms with Gasteiger partial charge in [-0.1, -0.05) is 36.8 Å². The molecule has 0 spiro atoms. The van der Waals surface area contributed by atoms with Crippen LogP contribution in [-0.4, -0.2) is 51.4 Å². The third kappa shape index (κ3) is 4.97. The van der Waals surface area contributed by atoms with Gasteiger partial charge in [-0.15, -0.1) is 0 Å². The lowest BCUT2D eigenvalue weighted by Gasteiger charge is -2.28. The van der Waals surface area contributed by atoms with E-state index in [1.54, 1.807) is 18.2 Å². The largest absolute Gasteiger partial charge is 0.370 e. The molecule has 6 nitrogen and oxygen atoms in total. The van der Waals surface area contributed by atoms with Crippen molar-refractivity contribution >= 4 is 21.6 Å². The molecule has 1 aliphatic heterocycles. The Morgan fingerprint density at radius 2 is 1.66 bits per heavy atom. The molecule has 2 aromatic rings. The topological polar surface area (TPSA) is 69.7 Å². The first-order valence-corrected chi connectivity index (χ1v) is 11.5.